The van der Waals surface area contributed by atoms with Crippen LogP contribution in [0.2, 0.25) is 5.02 Å². The minimum Gasteiger partial charge on any atom is -0.503 e. The van der Waals surface area contributed by atoms with Crippen molar-refractivity contribution >= 4 is 11.6 Å². The van der Waals surface area contributed by atoms with Gasteiger partial charge in [0.2, 0.25) is 0 Å². The van der Waals surface area contributed by atoms with Crippen LogP contribution >= 0.6 is 11.6 Å². The average Bonchev–Trinajstić information content (AvgIpc) is 2.54. The largest absolute Gasteiger partial charge is 0.503 e. The fourth-order valence-electron chi connectivity index (χ4n) is 3.08. The van der Waals surface area contributed by atoms with Crippen LogP contribution < -0.4 is 4.74 Å². The number of piperazine rings is 1. The number of ether oxygens (including phenoxy) is 1. The lowest BCUT2D eigenvalue weighted by atomic mass is 10.0. The third-order valence-electron chi connectivity index (χ3n) is 4.33. The van der Waals surface area contributed by atoms with E-state index in [1.54, 1.807) is 12.1 Å². The minimum atomic E-state index is -0.402. The Hall–Kier alpha value is -1.48. The molecule has 1 N–H and O–H groups in total. The molecule has 0 radical (unpaired) electrons. The van der Waals surface area contributed by atoms with Gasteiger partial charge in [0.15, 0.2) is 11.5 Å². The third kappa shape index (κ3) is 3.89. The Labute approximate surface area is 143 Å². The lowest BCUT2D eigenvalue weighted by Gasteiger charge is -2.41. The number of hydrogen-bond acceptors (Lipinski definition) is 5. The van der Waals surface area contributed by atoms with E-state index in [0.29, 0.717) is 12.4 Å². The van der Waals surface area contributed by atoms with Crippen LogP contribution in [0.25, 0.3) is 0 Å². The van der Waals surface area contributed by atoms with Crippen molar-refractivity contribution in [3.8, 4) is 17.6 Å². The van der Waals surface area contributed by atoms with E-state index < -0.39 is 6.04 Å². The SMILES string of the molecule is CCOc1cc(C(C#N)N2CCN(CC)CC2C)cc(Cl)c1O. The quantitative estimate of drug-likeness (QED) is 0.895. The molecule has 1 aromatic carbocycles. The summed E-state index contributed by atoms with van der Waals surface area (Å²) in [6.45, 7) is 10.3. The summed E-state index contributed by atoms with van der Waals surface area (Å²) in [5, 5.41) is 19.9. The maximum atomic E-state index is 9.98. The topological polar surface area (TPSA) is 59.7 Å². The van der Waals surface area contributed by atoms with E-state index in [0.717, 1.165) is 31.7 Å². The first-order valence-electron chi connectivity index (χ1n) is 8.04. The summed E-state index contributed by atoms with van der Waals surface area (Å²) in [4.78, 5) is 4.57. The second kappa shape index (κ2) is 7.87. The van der Waals surface area contributed by atoms with Crippen LogP contribution in [0.1, 0.15) is 32.4 Å². The molecule has 1 saturated heterocycles. The Balaban J connectivity index is 2.29. The Kier molecular flexibility index (Phi) is 6.11. The molecule has 5 nitrogen and oxygen atoms in total. The van der Waals surface area contributed by atoms with E-state index in [1.165, 1.54) is 0 Å². The van der Waals surface area contributed by atoms with E-state index in [9.17, 15) is 10.4 Å². The van der Waals surface area contributed by atoms with Crippen LogP contribution in [-0.4, -0.2) is 53.7 Å². The Morgan fingerprint density at radius 2 is 2.17 bits per heavy atom. The Morgan fingerprint density at radius 3 is 2.74 bits per heavy atom. The van der Waals surface area contributed by atoms with Crippen LogP contribution in [0.5, 0.6) is 11.5 Å². The smallest absolute Gasteiger partial charge is 0.176 e. The van der Waals surface area contributed by atoms with Crippen molar-refractivity contribution in [1.29, 1.82) is 5.26 Å². The fourth-order valence-corrected chi connectivity index (χ4v) is 3.29. The summed E-state index contributed by atoms with van der Waals surface area (Å²) < 4.78 is 5.43. The van der Waals surface area contributed by atoms with Crippen LogP contribution in [-0.2, 0) is 0 Å². The van der Waals surface area contributed by atoms with Gasteiger partial charge in [-0.25, -0.2) is 0 Å². The molecule has 2 rings (SSSR count). The highest BCUT2D eigenvalue weighted by Gasteiger charge is 2.30. The molecule has 0 saturated carbocycles. The van der Waals surface area contributed by atoms with Crippen LogP contribution in [0, 0.1) is 11.3 Å². The molecular formula is C17H24ClN3O2. The summed E-state index contributed by atoms with van der Waals surface area (Å²) >= 11 is 6.11. The number of aromatic hydroxyl groups is 1. The van der Waals surface area contributed by atoms with Gasteiger partial charge in [-0.05, 0) is 38.1 Å². The number of halogens is 1. The molecule has 0 aromatic heterocycles. The zero-order valence-electron chi connectivity index (χ0n) is 13.9. The first-order valence-corrected chi connectivity index (χ1v) is 8.42. The van der Waals surface area contributed by atoms with Gasteiger partial charge < -0.3 is 14.7 Å². The van der Waals surface area contributed by atoms with E-state index in [-0.39, 0.29) is 16.8 Å². The molecule has 0 spiro atoms. The minimum absolute atomic E-state index is 0.0715. The highest BCUT2D eigenvalue weighted by atomic mass is 35.5. The van der Waals surface area contributed by atoms with E-state index in [1.807, 2.05) is 6.92 Å². The van der Waals surface area contributed by atoms with Crippen molar-refractivity contribution < 1.29 is 9.84 Å². The molecule has 1 heterocycles. The molecule has 1 aliphatic heterocycles. The monoisotopic (exact) mass is 337 g/mol. The zero-order chi connectivity index (χ0) is 17.0. The normalized spacial score (nSPS) is 20.9. The van der Waals surface area contributed by atoms with Crippen molar-refractivity contribution in [3.05, 3.63) is 22.7 Å². The van der Waals surface area contributed by atoms with Crippen LogP contribution in [0.15, 0.2) is 12.1 Å². The number of nitrogens with zero attached hydrogens (tertiary/aromatic N) is 3. The molecule has 0 bridgehead atoms. The molecular weight excluding hydrogens is 314 g/mol. The molecule has 23 heavy (non-hydrogen) atoms. The summed E-state index contributed by atoms with van der Waals surface area (Å²) in [6.07, 6.45) is 0. The van der Waals surface area contributed by atoms with Gasteiger partial charge >= 0.3 is 0 Å². The molecule has 1 aliphatic rings. The summed E-state index contributed by atoms with van der Waals surface area (Å²) in [6, 6.07) is 5.63. The predicted octanol–water partition coefficient (Wildman–Crippen LogP) is 3.03. The molecule has 1 aromatic rings. The second-order valence-electron chi connectivity index (χ2n) is 5.79. The maximum absolute atomic E-state index is 9.98. The number of phenolic OH excluding ortho intramolecular Hbond substituents is 1. The van der Waals surface area contributed by atoms with Crippen molar-refractivity contribution in [2.45, 2.75) is 32.9 Å². The van der Waals surface area contributed by atoms with E-state index in [4.69, 9.17) is 16.3 Å². The number of nitriles is 1. The van der Waals surface area contributed by atoms with Gasteiger partial charge in [-0.1, -0.05) is 18.5 Å². The average molecular weight is 338 g/mol. The van der Waals surface area contributed by atoms with Crippen molar-refractivity contribution in [3.63, 3.8) is 0 Å². The Bertz CT molecular complexity index is 588. The van der Waals surface area contributed by atoms with Crippen molar-refractivity contribution in [2.24, 2.45) is 0 Å². The maximum Gasteiger partial charge on any atom is 0.176 e. The lowest BCUT2D eigenvalue weighted by molar-refractivity contribution is 0.0682. The summed E-state index contributed by atoms with van der Waals surface area (Å²) in [5.74, 6) is 0.257. The molecule has 126 valence electrons. The highest BCUT2D eigenvalue weighted by Crippen LogP contribution is 2.38. The van der Waals surface area contributed by atoms with Gasteiger partial charge in [-0.15, -0.1) is 0 Å². The standard InChI is InChI=1S/C17H24ClN3O2/c1-4-20-6-7-21(12(3)11-20)15(10-19)13-8-14(18)17(22)16(9-13)23-5-2/h8-9,12,15,22H,4-7,11H2,1-3H3. The molecule has 1 fully saturated rings. The number of benzene rings is 1. The van der Waals surface area contributed by atoms with E-state index >= 15 is 0 Å². The van der Waals surface area contributed by atoms with Crippen molar-refractivity contribution in [2.75, 3.05) is 32.8 Å². The fraction of sp³-hybridized carbons (Fsp3) is 0.588. The van der Waals surface area contributed by atoms with Gasteiger partial charge in [0.05, 0.1) is 17.7 Å². The number of phenols is 1. The highest BCUT2D eigenvalue weighted by molar-refractivity contribution is 6.32. The van der Waals surface area contributed by atoms with Crippen molar-refractivity contribution in [1.82, 2.24) is 9.80 Å². The first-order chi connectivity index (χ1) is 11.0. The van der Waals surface area contributed by atoms with Gasteiger partial charge in [0.25, 0.3) is 0 Å². The van der Waals surface area contributed by atoms with Gasteiger partial charge in [0, 0.05) is 25.7 Å². The first kappa shape index (κ1) is 17.9. The summed E-state index contributed by atoms with van der Waals surface area (Å²) in [7, 11) is 0. The molecule has 2 unspecified atom stereocenters. The zero-order valence-corrected chi connectivity index (χ0v) is 14.7. The van der Waals surface area contributed by atoms with Crippen LogP contribution in [0.4, 0.5) is 0 Å². The molecule has 2 atom stereocenters. The second-order valence-corrected chi connectivity index (χ2v) is 6.20. The number of likely N-dealkylation sites (N-methyl/N-ethyl adjacent to an activating group) is 1. The van der Waals surface area contributed by atoms with Gasteiger partial charge in [-0.3, -0.25) is 4.90 Å². The number of hydrogen-bond donors (Lipinski definition) is 1. The summed E-state index contributed by atoms with van der Waals surface area (Å²) in [5.41, 5.74) is 0.760. The number of rotatable bonds is 5. The molecule has 0 aliphatic carbocycles. The lowest BCUT2D eigenvalue weighted by Crippen LogP contribution is -2.52. The molecule has 6 heteroatoms. The third-order valence-corrected chi connectivity index (χ3v) is 4.62. The Morgan fingerprint density at radius 1 is 1.43 bits per heavy atom. The van der Waals surface area contributed by atoms with Gasteiger partial charge in [0.1, 0.15) is 6.04 Å². The predicted molar refractivity (Wildman–Crippen MR) is 90.9 cm³/mol. The molecule has 0 amide bonds. The van der Waals surface area contributed by atoms with Crippen LogP contribution in [0.3, 0.4) is 0 Å². The van der Waals surface area contributed by atoms with E-state index in [2.05, 4.69) is 29.7 Å². The van der Waals surface area contributed by atoms with Gasteiger partial charge in [-0.2, -0.15) is 5.26 Å².